The van der Waals surface area contributed by atoms with Crippen molar-refractivity contribution in [1.29, 1.82) is 0 Å². The van der Waals surface area contributed by atoms with Gasteiger partial charge in [-0.25, -0.2) is 0 Å². The summed E-state index contributed by atoms with van der Waals surface area (Å²) in [5.41, 5.74) is 10.5. The summed E-state index contributed by atoms with van der Waals surface area (Å²) >= 11 is 0. The Morgan fingerprint density at radius 3 is 2.44 bits per heavy atom. The summed E-state index contributed by atoms with van der Waals surface area (Å²) in [6.07, 6.45) is 2.92. The number of nitrogens with zero attached hydrogens (tertiary/aromatic N) is 2. The topological polar surface area (TPSA) is 67.2 Å². The van der Waals surface area contributed by atoms with Crippen LogP contribution in [0, 0.1) is 0 Å². The van der Waals surface area contributed by atoms with Crippen LogP contribution in [0.2, 0.25) is 0 Å². The predicted octanol–water partition coefficient (Wildman–Crippen LogP) is 3.51. The number of ether oxygens (including phenoxy) is 1. The number of nitrogens with one attached hydrogen (secondary N) is 1. The van der Waals surface area contributed by atoms with E-state index < -0.39 is 0 Å². The Hall–Kier alpha value is -2.34. The number of aromatic amines is 1. The lowest BCUT2D eigenvalue weighted by molar-refractivity contribution is 0.277. The van der Waals surface area contributed by atoms with Crippen molar-refractivity contribution in [3.8, 4) is 17.0 Å². The van der Waals surface area contributed by atoms with Gasteiger partial charge >= 0.3 is 0 Å². The molecule has 1 heterocycles. The molecule has 5 nitrogen and oxygen atoms in total. The molecule has 0 spiro atoms. The van der Waals surface area contributed by atoms with Gasteiger partial charge in [0.1, 0.15) is 5.75 Å². The molecule has 1 aromatic heterocycles. The highest BCUT2D eigenvalue weighted by Crippen LogP contribution is 2.24. The highest BCUT2D eigenvalue weighted by Gasteiger charge is 2.12. The smallest absolute Gasteiger partial charge is 0.118 e. The molecule has 0 atom stereocenters. The highest BCUT2D eigenvalue weighted by atomic mass is 35.5. The van der Waals surface area contributed by atoms with E-state index in [4.69, 9.17) is 10.5 Å². The summed E-state index contributed by atoms with van der Waals surface area (Å²) < 4.78 is 5.24. The molecule has 0 bridgehead atoms. The summed E-state index contributed by atoms with van der Waals surface area (Å²) in [7, 11) is 1.67. The normalized spacial score (nSPS) is 10.6. The summed E-state index contributed by atoms with van der Waals surface area (Å²) in [4.78, 5) is 2.38. The summed E-state index contributed by atoms with van der Waals surface area (Å²) in [6.45, 7) is 3.29. The molecule has 0 amide bonds. The monoisotopic (exact) mass is 386 g/mol. The Kier molecular flexibility index (Phi) is 8.33. The van der Waals surface area contributed by atoms with Crippen molar-refractivity contribution < 1.29 is 4.74 Å². The molecule has 6 heteroatoms. The van der Waals surface area contributed by atoms with Crippen LogP contribution in [0.15, 0.2) is 60.8 Å². The van der Waals surface area contributed by atoms with Crippen molar-refractivity contribution in [2.45, 2.75) is 13.0 Å². The van der Waals surface area contributed by atoms with Gasteiger partial charge in [-0.1, -0.05) is 30.3 Å². The largest absolute Gasteiger partial charge is 0.497 e. The predicted molar refractivity (Wildman–Crippen MR) is 112 cm³/mol. The fourth-order valence-corrected chi connectivity index (χ4v) is 3.06. The first kappa shape index (κ1) is 21.0. The van der Waals surface area contributed by atoms with Gasteiger partial charge < -0.3 is 10.5 Å². The molecule has 3 rings (SSSR count). The number of benzene rings is 2. The van der Waals surface area contributed by atoms with Crippen LogP contribution < -0.4 is 10.5 Å². The van der Waals surface area contributed by atoms with Gasteiger partial charge in [-0.15, -0.1) is 12.4 Å². The number of methoxy groups -OCH3 is 1. The van der Waals surface area contributed by atoms with Crippen molar-refractivity contribution in [2.24, 2.45) is 5.73 Å². The van der Waals surface area contributed by atoms with E-state index in [0.717, 1.165) is 43.1 Å². The van der Waals surface area contributed by atoms with Crippen LogP contribution in [0.1, 0.15) is 11.1 Å². The Morgan fingerprint density at radius 2 is 1.78 bits per heavy atom. The van der Waals surface area contributed by atoms with Crippen LogP contribution in [0.3, 0.4) is 0 Å². The average Bonchev–Trinajstić information content (AvgIpc) is 3.15. The summed E-state index contributed by atoms with van der Waals surface area (Å²) in [5, 5.41) is 7.39. The minimum absolute atomic E-state index is 0. The van der Waals surface area contributed by atoms with Crippen molar-refractivity contribution in [3.05, 3.63) is 71.9 Å². The van der Waals surface area contributed by atoms with E-state index in [1.165, 1.54) is 11.1 Å². The summed E-state index contributed by atoms with van der Waals surface area (Å²) in [5.74, 6) is 0.849. The third-order valence-electron chi connectivity index (χ3n) is 4.50. The number of halogens is 1. The quantitative estimate of drug-likeness (QED) is 0.590. The zero-order valence-corrected chi connectivity index (χ0v) is 16.4. The lowest BCUT2D eigenvalue weighted by Crippen LogP contribution is -2.31. The fourth-order valence-electron chi connectivity index (χ4n) is 3.06. The Labute approximate surface area is 166 Å². The average molecular weight is 387 g/mol. The molecule has 0 fully saturated rings. The van der Waals surface area contributed by atoms with Gasteiger partial charge in [-0.2, -0.15) is 5.10 Å². The lowest BCUT2D eigenvalue weighted by Gasteiger charge is -2.21. The standard InChI is InChI=1S/C21H26N4O.ClH/c1-26-20-9-7-18(8-10-20)21-19(15-23-24-21)16-25(14-12-22)13-11-17-5-3-2-4-6-17;/h2-10,15H,11-14,16,22H2,1H3,(H,23,24);1H. The Bertz CT molecular complexity index is 789. The first-order chi connectivity index (χ1) is 12.8. The van der Waals surface area contributed by atoms with Crippen LogP contribution in [0.25, 0.3) is 11.3 Å². The zero-order valence-electron chi connectivity index (χ0n) is 15.6. The SMILES string of the molecule is COc1ccc(-c2[nH]ncc2CN(CCN)CCc2ccccc2)cc1.Cl. The van der Waals surface area contributed by atoms with Gasteiger partial charge in [0.2, 0.25) is 0 Å². The zero-order chi connectivity index (χ0) is 18.2. The van der Waals surface area contributed by atoms with Gasteiger partial charge in [0, 0.05) is 37.3 Å². The van der Waals surface area contributed by atoms with E-state index in [2.05, 4.69) is 39.4 Å². The second kappa shape index (κ2) is 10.7. The summed E-state index contributed by atoms with van der Waals surface area (Å²) in [6, 6.07) is 18.6. The minimum Gasteiger partial charge on any atom is -0.497 e. The van der Waals surface area contributed by atoms with E-state index in [-0.39, 0.29) is 12.4 Å². The molecule has 0 aliphatic carbocycles. The molecule has 0 saturated carbocycles. The van der Waals surface area contributed by atoms with Crippen molar-refractivity contribution in [2.75, 3.05) is 26.7 Å². The van der Waals surface area contributed by atoms with Crippen molar-refractivity contribution in [3.63, 3.8) is 0 Å². The maximum atomic E-state index is 5.83. The molecule has 0 aliphatic rings. The van der Waals surface area contributed by atoms with Gasteiger partial charge in [0.05, 0.1) is 19.0 Å². The van der Waals surface area contributed by atoms with E-state index in [0.29, 0.717) is 6.54 Å². The molecule has 3 aromatic rings. The van der Waals surface area contributed by atoms with Gasteiger partial charge in [-0.05, 0) is 36.2 Å². The molecule has 0 unspecified atom stereocenters. The Balaban J connectivity index is 0.00000261. The number of H-pyrrole nitrogens is 1. The second-order valence-electron chi connectivity index (χ2n) is 6.30. The maximum absolute atomic E-state index is 5.83. The fraction of sp³-hybridized carbons (Fsp3) is 0.286. The van der Waals surface area contributed by atoms with E-state index in [1.807, 2.05) is 36.5 Å². The highest BCUT2D eigenvalue weighted by molar-refractivity contribution is 5.85. The van der Waals surface area contributed by atoms with Gasteiger partial charge in [0.25, 0.3) is 0 Å². The number of nitrogens with two attached hydrogens (primary N) is 1. The van der Waals surface area contributed by atoms with E-state index in [1.54, 1.807) is 7.11 Å². The van der Waals surface area contributed by atoms with Crippen molar-refractivity contribution in [1.82, 2.24) is 15.1 Å². The maximum Gasteiger partial charge on any atom is 0.118 e. The molecule has 144 valence electrons. The van der Waals surface area contributed by atoms with Crippen LogP contribution in [-0.4, -0.2) is 41.8 Å². The molecule has 0 radical (unpaired) electrons. The Morgan fingerprint density at radius 1 is 1.04 bits per heavy atom. The number of hydrogen-bond acceptors (Lipinski definition) is 4. The number of aromatic nitrogens is 2. The molecule has 3 N–H and O–H groups in total. The van der Waals surface area contributed by atoms with Crippen LogP contribution in [0.5, 0.6) is 5.75 Å². The minimum atomic E-state index is 0. The third-order valence-corrected chi connectivity index (χ3v) is 4.50. The molecule has 0 aliphatic heterocycles. The molecule has 2 aromatic carbocycles. The molecular weight excluding hydrogens is 360 g/mol. The van der Waals surface area contributed by atoms with Crippen LogP contribution in [0.4, 0.5) is 0 Å². The molecule has 0 saturated heterocycles. The first-order valence-corrected chi connectivity index (χ1v) is 8.93. The first-order valence-electron chi connectivity index (χ1n) is 8.93. The van der Waals surface area contributed by atoms with Crippen LogP contribution >= 0.6 is 12.4 Å². The van der Waals surface area contributed by atoms with Crippen LogP contribution in [-0.2, 0) is 13.0 Å². The van der Waals surface area contributed by atoms with E-state index >= 15 is 0 Å². The molecule has 27 heavy (non-hydrogen) atoms. The van der Waals surface area contributed by atoms with Crippen molar-refractivity contribution >= 4 is 12.4 Å². The van der Waals surface area contributed by atoms with Gasteiger partial charge in [-0.3, -0.25) is 10.00 Å². The molecular formula is C21H27ClN4O. The third kappa shape index (κ3) is 5.82. The van der Waals surface area contributed by atoms with E-state index in [9.17, 15) is 0 Å². The second-order valence-corrected chi connectivity index (χ2v) is 6.30. The number of hydrogen-bond donors (Lipinski definition) is 2. The lowest BCUT2D eigenvalue weighted by atomic mass is 10.1. The van der Waals surface area contributed by atoms with Gasteiger partial charge in [0.15, 0.2) is 0 Å². The number of rotatable bonds is 9.